The summed E-state index contributed by atoms with van der Waals surface area (Å²) in [4.78, 5) is 5.74. The lowest BCUT2D eigenvalue weighted by atomic mass is 10.3. The van der Waals surface area contributed by atoms with Crippen LogP contribution in [0.5, 0.6) is 0 Å². The van der Waals surface area contributed by atoms with E-state index in [1.807, 2.05) is 6.92 Å². The van der Waals surface area contributed by atoms with E-state index in [0.717, 1.165) is 12.3 Å². The lowest BCUT2D eigenvalue weighted by Gasteiger charge is -2.21. The maximum Gasteiger partial charge on any atom is 0.168 e. The van der Waals surface area contributed by atoms with Crippen LogP contribution in [0.15, 0.2) is 12.3 Å². The maximum absolute atomic E-state index is 13.4. The van der Waals surface area contributed by atoms with E-state index in [-0.39, 0.29) is 5.82 Å². The molecule has 1 heterocycles. The van der Waals surface area contributed by atoms with Crippen LogP contribution in [0.25, 0.3) is 0 Å². The highest BCUT2D eigenvalue weighted by atomic mass is 32.1. The smallest absolute Gasteiger partial charge is 0.168 e. The molecule has 0 aliphatic rings. The minimum Gasteiger partial charge on any atom is -0.393 e. The number of rotatable bonds is 5. The first-order valence-electron chi connectivity index (χ1n) is 4.89. The van der Waals surface area contributed by atoms with Gasteiger partial charge in [0.15, 0.2) is 11.6 Å². The van der Waals surface area contributed by atoms with Crippen molar-refractivity contribution in [1.82, 2.24) is 4.98 Å². The normalized spacial score (nSPS) is 10.2. The Morgan fingerprint density at radius 1 is 1.56 bits per heavy atom. The van der Waals surface area contributed by atoms with E-state index < -0.39 is 11.6 Å². The zero-order chi connectivity index (χ0) is 12.1. The van der Waals surface area contributed by atoms with Gasteiger partial charge >= 0.3 is 0 Å². The van der Waals surface area contributed by atoms with E-state index in [4.69, 9.17) is 18.0 Å². The van der Waals surface area contributed by atoms with Crippen molar-refractivity contribution in [1.29, 1.82) is 0 Å². The molecule has 6 heteroatoms. The fraction of sp³-hybridized carbons (Fsp3) is 0.400. The zero-order valence-electron chi connectivity index (χ0n) is 8.91. The van der Waals surface area contributed by atoms with E-state index in [2.05, 4.69) is 4.98 Å². The van der Waals surface area contributed by atoms with Crippen LogP contribution in [-0.4, -0.2) is 23.1 Å². The van der Waals surface area contributed by atoms with Gasteiger partial charge in [-0.2, -0.15) is 0 Å². The number of nitrogens with two attached hydrogens (primary N) is 1. The quantitative estimate of drug-likeness (QED) is 0.804. The summed E-state index contributed by atoms with van der Waals surface area (Å²) in [6.07, 6.45) is 1.46. The fourth-order valence-corrected chi connectivity index (χ4v) is 1.39. The van der Waals surface area contributed by atoms with Gasteiger partial charge in [-0.3, -0.25) is 0 Å². The number of pyridine rings is 1. The van der Waals surface area contributed by atoms with Crippen LogP contribution in [0.1, 0.15) is 13.3 Å². The Morgan fingerprint density at radius 3 is 2.75 bits per heavy atom. The number of aromatic nitrogens is 1. The van der Waals surface area contributed by atoms with E-state index in [0.29, 0.717) is 24.5 Å². The van der Waals surface area contributed by atoms with Crippen molar-refractivity contribution in [2.45, 2.75) is 13.3 Å². The molecule has 88 valence electrons. The third-order valence-corrected chi connectivity index (χ3v) is 2.30. The van der Waals surface area contributed by atoms with Crippen LogP contribution in [-0.2, 0) is 0 Å². The molecule has 3 nitrogen and oxygen atoms in total. The molecule has 0 radical (unpaired) electrons. The molecular weight excluding hydrogens is 232 g/mol. The molecule has 0 unspecified atom stereocenters. The van der Waals surface area contributed by atoms with E-state index in [9.17, 15) is 8.78 Å². The maximum atomic E-state index is 13.4. The zero-order valence-corrected chi connectivity index (χ0v) is 9.73. The van der Waals surface area contributed by atoms with Crippen LogP contribution in [0.2, 0.25) is 0 Å². The molecule has 2 N–H and O–H groups in total. The van der Waals surface area contributed by atoms with Gasteiger partial charge in [-0.1, -0.05) is 12.2 Å². The second kappa shape index (κ2) is 5.69. The van der Waals surface area contributed by atoms with Crippen LogP contribution < -0.4 is 10.6 Å². The molecule has 0 aromatic carbocycles. The third-order valence-electron chi connectivity index (χ3n) is 2.10. The Kier molecular flexibility index (Phi) is 4.54. The molecule has 0 aliphatic heterocycles. The highest BCUT2D eigenvalue weighted by Gasteiger charge is 2.12. The molecule has 0 amide bonds. The fourth-order valence-electron chi connectivity index (χ4n) is 1.30. The Morgan fingerprint density at radius 2 is 2.25 bits per heavy atom. The van der Waals surface area contributed by atoms with Crippen LogP contribution in [0.3, 0.4) is 0 Å². The summed E-state index contributed by atoms with van der Waals surface area (Å²) in [7, 11) is 0. The van der Waals surface area contributed by atoms with Crippen molar-refractivity contribution >= 4 is 23.0 Å². The van der Waals surface area contributed by atoms with E-state index in [1.54, 1.807) is 4.90 Å². The molecule has 1 rings (SSSR count). The number of thiocarbonyl (C=S) groups is 1. The van der Waals surface area contributed by atoms with Crippen molar-refractivity contribution in [3.05, 3.63) is 23.9 Å². The molecular formula is C10H13F2N3S. The number of halogens is 2. The monoisotopic (exact) mass is 245 g/mol. The van der Waals surface area contributed by atoms with E-state index >= 15 is 0 Å². The highest BCUT2D eigenvalue weighted by Crippen LogP contribution is 2.16. The predicted octanol–water partition coefficient (Wildman–Crippen LogP) is 1.86. The summed E-state index contributed by atoms with van der Waals surface area (Å²) in [5, 5.41) is 0. The van der Waals surface area contributed by atoms with E-state index in [1.165, 1.54) is 0 Å². The van der Waals surface area contributed by atoms with Crippen molar-refractivity contribution in [2.24, 2.45) is 5.73 Å². The average Bonchev–Trinajstić information content (AvgIpc) is 2.21. The van der Waals surface area contributed by atoms with Crippen LogP contribution in [0, 0.1) is 11.6 Å². The van der Waals surface area contributed by atoms with Crippen molar-refractivity contribution in [3.8, 4) is 0 Å². The summed E-state index contributed by atoms with van der Waals surface area (Å²) in [6.45, 7) is 2.88. The SMILES string of the molecule is CCN(CCC(N)=S)c1ncc(F)cc1F. The van der Waals surface area contributed by atoms with Gasteiger partial charge in [0.2, 0.25) is 0 Å². The number of nitrogens with zero attached hydrogens (tertiary/aromatic N) is 2. The van der Waals surface area contributed by atoms with Gasteiger partial charge in [0.1, 0.15) is 5.82 Å². The molecule has 0 aliphatic carbocycles. The summed E-state index contributed by atoms with van der Waals surface area (Å²) in [5.74, 6) is -1.24. The van der Waals surface area contributed by atoms with Gasteiger partial charge in [0.05, 0.1) is 11.2 Å². The third kappa shape index (κ3) is 3.37. The largest absolute Gasteiger partial charge is 0.393 e. The molecule has 0 spiro atoms. The first-order valence-corrected chi connectivity index (χ1v) is 5.29. The average molecular weight is 245 g/mol. The lowest BCUT2D eigenvalue weighted by Crippen LogP contribution is -2.28. The molecule has 1 aromatic heterocycles. The second-order valence-corrected chi connectivity index (χ2v) is 3.78. The first-order chi connectivity index (χ1) is 7.54. The molecule has 0 saturated carbocycles. The minimum absolute atomic E-state index is 0.125. The van der Waals surface area contributed by atoms with Crippen LogP contribution in [0.4, 0.5) is 14.6 Å². The Labute approximate surface area is 98.3 Å². The Balaban J connectivity index is 2.82. The highest BCUT2D eigenvalue weighted by molar-refractivity contribution is 7.80. The molecule has 1 aromatic rings. The van der Waals surface area contributed by atoms with Gasteiger partial charge in [-0.05, 0) is 6.92 Å². The number of hydrogen-bond acceptors (Lipinski definition) is 3. The summed E-state index contributed by atoms with van der Waals surface area (Å²) in [6, 6.07) is 0.811. The van der Waals surface area contributed by atoms with Gasteiger partial charge in [-0.25, -0.2) is 13.8 Å². The van der Waals surface area contributed by atoms with Crippen molar-refractivity contribution < 1.29 is 8.78 Å². The molecule has 16 heavy (non-hydrogen) atoms. The summed E-state index contributed by atoms with van der Waals surface area (Å²) >= 11 is 4.74. The summed E-state index contributed by atoms with van der Waals surface area (Å²) in [5.41, 5.74) is 5.37. The Bertz CT molecular complexity index is 384. The number of hydrogen-bond donors (Lipinski definition) is 1. The minimum atomic E-state index is -0.688. The summed E-state index contributed by atoms with van der Waals surface area (Å²) < 4.78 is 26.1. The van der Waals surface area contributed by atoms with Gasteiger partial charge < -0.3 is 10.6 Å². The molecule has 0 fully saturated rings. The van der Waals surface area contributed by atoms with Crippen molar-refractivity contribution in [3.63, 3.8) is 0 Å². The molecule has 0 bridgehead atoms. The molecule has 0 saturated heterocycles. The number of anilines is 1. The topological polar surface area (TPSA) is 42.1 Å². The van der Waals surface area contributed by atoms with Gasteiger partial charge in [0.25, 0.3) is 0 Å². The predicted molar refractivity (Wildman–Crippen MR) is 63.4 cm³/mol. The van der Waals surface area contributed by atoms with Gasteiger partial charge in [0, 0.05) is 25.6 Å². The Hall–Kier alpha value is -1.30. The lowest BCUT2D eigenvalue weighted by molar-refractivity contribution is 0.568. The van der Waals surface area contributed by atoms with Gasteiger partial charge in [-0.15, -0.1) is 0 Å². The molecule has 0 atom stereocenters. The van der Waals surface area contributed by atoms with Crippen molar-refractivity contribution in [2.75, 3.05) is 18.0 Å². The first kappa shape index (κ1) is 12.8. The second-order valence-electron chi connectivity index (χ2n) is 3.25. The van der Waals surface area contributed by atoms with Crippen LogP contribution >= 0.6 is 12.2 Å². The standard InChI is InChI=1S/C10H13F2N3S/c1-2-15(4-3-9(13)16)10-8(12)5-7(11)6-14-10/h5-6H,2-4H2,1H3,(H2,13,16).